The number of halogens is 3. The average molecular weight is 310 g/mol. The molecule has 0 saturated carbocycles. The van der Waals surface area contributed by atoms with E-state index in [1.165, 1.54) is 30.3 Å². The van der Waals surface area contributed by atoms with Gasteiger partial charge in [-0.2, -0.15) is 13.2 Å². The molecule has 0 saturated heterocycles. The van der Waals surface area contributed by atoms with E-state index in [2.05, 4.69) is 0 Å². The largest absolute Gasteiger partial charge is 0.507 e. The van der Waals surface area contributed by atoms with Gasteiger partial charge in [0.25, 0.3) is 0 Å². The Morgan fingerprint density at radius 2 is 1.91 bits per heavy atom. The third kappa shape index (κ3) is 3.39. The van der Waals surface area contributed by atoms with Crippen LogP contribution in [-0.2, 0) is 10.9 Å². The molecule has 2 aromatic rings. The number of carbonyl (C=O) groups is 1. The van der Waals surface area contributed by atoms with Crippen molar-refractivity contribution in [3.8, 4) is 16.9 Å². The molecule has 0 amide bonds. The van der Waals surface area contributed by atoms with Gasteiger partial charge >= 0.3 is 12.1 Å². The van der Waals surface area contributed by atoms with Gasteiger partial charge in [0, 0.05) is 5.56 Å². The maximum absolute atomic E-state index is 12.8. The van der Waals surface area contributed by atoms with Crippen molar-refractivity contribution in [2.45, 2.75) is 13.1 Å². The molecule has 3 nitrogen and oxygen atoms in total. The van der Waals surface area contributed by atoms with E-state index in [0.717, 1.165) is 12.1 Å². The van der Waals surface area contributed by atoms with Crippen molar-refractivity contribution in [2.24, 2.45) is 0 Å². The third-order valence-corrected chi connectivity index (χ3v) is 3.01. The third-order valence-electron chi connectivity index (χ3n) is 3.01. The van der Waals surface area contributed by atoms with Crippen LogP contribution < -0.4 is 0 Å². The zero-order valence-electron chi connectivity index (χ0n) is 11.6. The van der Waals surface area contributed by atoms with Crippen LogP contribution in [0.25, 0.3) is 11.1 Å². The minimum atomic E-state index is -4.48. The lowest BCUT2D eigenvalue weighted by molar-refractivity contribution is -0.137. The molecule has 0 heterocycles. The Morgan fingerprint density at radius 1 is 1.18 bits per heavy atom. The summed E-state index contributed by atoms with van der Waals surface area (Å²) in [5, 5.41) is 9.86. The van der Waals surface area contributed by atoms with Crippen LogP contribution in [0.15, 0.2) is 42.5 Å². The molecule has 116 valence electrons. The molecule has 1 N–H and O–H groups in total. The SMILES string of the molecule is CCOC(=O)c1ccc(O)c(-c2cccc(C(F)(F)F)c2)c1. The second kappa shape index (κ2) is 6.09. The fourth-order valence-electron chi connectivity index (χ4n) is 1.97. The smallest absolute Gasteiger partial charge is 0.416 e. The van der Waals surface area contributed by atoms with Crippen LogP contribution in [0.2, 0.25) is 0 Å². The molecule has 0 fully saturated rings. The molecule has 0 atom stereocenters. The van der Waals surface area contributed by atoms with Gasteiger partial charge in [-0.1, -0.05) is 12.1 Å². The van der Waals surface area contributed by atoms with Gasteiger partial charge in [-0.3, -0.25) is 0 Å². The van der Waals surface area contributed by atoms with Crippen LogP contribution in [0.4, 0.5) is 13.2 Å². The van der Waals surface area contributed by atoms with Crippen LogP contribution in [0.1, 0.15) is 22.8 Å². The topological polar surface area (TPSA) is 46.5 Å². The van der Waals surface area contributed by atoms with Crippen molar-refractivity contribution < 1.29 is 27.8 Å². The first-order valence-corrected chi connectivity index (χ1v) is 6.50. The van der Waals surface area contributed by atoms with Crippen molar-refractivity contribution in [1.82, 2.24) is 0 Å². The highest BCUT2D eigenvalue weighted by molar-refractivity contribution is 5.92. The summed E-state index contributed by atoms with van der Waals surface area (Å²) < 4.78 is 43.1. The Labute approximate surface area is 125 Å². The summed E-state index contributed by atoms with van der Waals surface area (Å²) in [4.78, 5) is 11.7. The van der Waals surface area contributed by atoms with Gasteiger partial charge in [0.05, 0.1) is 17.7 Å². The van der Waals surface area contributed by atoms with Crippen molar-refractivity contribution >= 4 is 5.97 Å². The summed E-state index contributed by atoms with van der Waals surface area (Å²) in [7, 11) is 0. The van der Waals surface area contributed by atoms with E-state index in [-0.39, 0.29) is 29.0 Å². The quantitative estimate of drug-likeness (QED) is 0.862. The minimum absolute atomic E-state index is 0.136. The molecule has 0 aromatic heterocycles. The number of benzene rings is 2. The molecule has 0 aliphatic rings. The Balaban J connectivity index is 2.48. The van der Waals surface area contributed by atoms with E-state index in [1.54, 1.807) is 6.92 Å². The maximum Gasteiger partial charge on any atom is 0.416 e. The van der Waals surface area contributed by atoms with E-state index in [9.17, 15) is 23.1 Å². The Kier molecular flexibility index (Phi) is 4.40. The molecule has 2 aromatic carbocycles. The van der Waals surface area contributed by atoms with Crippen molar-refractivity contribution in [1.29, 1.82) is 0 Å². The summed E-state index contributed by atoms with van der Waals surface area (Å²) in [5.74, 6) is -0.817. The lowest BCUT2D eigenvalue weighted by atomic mass is 10.00. The molecular formula is C16H13F3O3. The molecular weight excluding hydrogens is 297 g/mol. The lowest BCUT2D eigenvalue weighted by Crippen LogP contribution is -2.05. The zero-order valence-corrected chi connectivity index (χ0v) is 11.6. The van der Waals surface area contributed by atoms with Gasteiger partial charge in [0.15, 0.2) is 0 Å². The normalized spacial score (nSPS) is 11.3. The van der Waals surface area contributed by atoms with Crippen LogP contribution in [0.5, 0.6) is 5.75 Å². The molecule has 2 rings (SSSR count). The first kappa shape index (κ1) is 15.9. The average Bonchev–Trinajstić information content (AvgIpc) is 2.47. The van der Waals surface area contributed by atoms with E-state index in [0.29, 0.717) is 0 Å². The van der Waals surface area contributed by atoms with Gasteiger partial charge in [0.2, 0.25) is 0 Å². The second-order valence-electron chi connectivity index (χ2n) is 4.53. The van der Waals surface area contributed by atoms with Crippen LogP contribution in [0.3, 0.4) is 0 Å². The highest BCUT2D eigenvalue weighted by Crippen LogP contribution is 2.35. The molecule has 0 unspecified atom stereocenters. The van der Waals surface area contributed by atoms with E-state index in [4.69, 9.17) is 4.74 Å². The van der Waals surface area contributed by atoms with Gasteiger partial charge in [-0.15, -0.1) is 0 Å². The van der Waals surface area contributed by atoms with E-state index in [1.807, 2.05) is 0 Å². The summed E-state index contributed by atoms with van der Waals surface area (Å²) in [6, 6.07) is 8.45. The van der Waals surface area contributed by atoms with Crippen molar-refractivity contribution in [3.63, 3.8) is 0 Å². The fraction of sp³-hybridized carbons (Fsp3) is 0.188. The number of hydrogen-bond donors (Lipinski definition) is 1. The second-order valence-corrected chi connectivity index (χ2v) is 4.53. The maximum atomic E-state index is 12.8. The van der Waals surface area contributed by atoms with Gasteiger partial charge < -0.3 is 9.84 Å². The summed E-state index contributed by atoms with van der Waals surface area (Å²) in [5.41, 5.74) is -0.367. The summed E-state index contributed by atoms with van der Waals surface area (Å²) >= 11 is 0. The summed E-state index contributed by atoms with van der Waals surface area (Å²) in [6.07, 6.45) is -4.48. The first-order valence-electron chi connectivity index (χ1n) is 6.50. The van der Waals surface area contributed by atoms with Crippen LogP contribution in [0, 0.1) is 0 Å². The van der Waals surface area contributed by atoms with Gasteiger partial charge in [0.1, 0.15) is 5.75 Å². The van der Waals surface area contributed by atoms with Crippen LogP contribution >= 0.6 is 0 Å². The molecule has 6 heteroatoms. The standard InChI is InChI=1S/C16H13F3O3/c1-2-22-15(21)11-6-7-14(20)13(9-11)10-4-3-5-12(8-10)16(17,18)19/h3-9,20H,2H2,1H3. The molecule has 0 radical (unpaired) electrons. The molecule has 0 aliphatic heterocycles. The molecule has 0 spiro atoms. The highest BCUT2D eigenvalue weighted by atomic mass is 19.4. The fourth-order valence-corrected chi connectivity index (χ4v) is 1.97. The lowest BCUT2D eigenvalue weighted by Gasteiger charge is -2.11. The molecule has 0 aliphatic carbocycles. The van der Waals surface area contributed by atoms with Gasteiger partial charge in [-0.25, -0.2) is 4.79 Å². The van der Waals surface area contributed by atoms with Gasteiger partial charge in [-0.05, 0) is 42.8 Å². The Hall–Kier alpha value is -2.50. The van der Waals surface area contributed by atoms with Crippen molar-refractivity contribution in [3.05, 3.63) is 53.6 Å². The van der Waals surface area contributed by atoms with E-state index >= 15 is 0 Å². The number of hydrogen-bond acceptors (Lipinski definition) is 3. The number of ether oxygens (including phenoxy) is 1. The first-order chi connectivity index (χ1) is 10.3. The Morgan fingerprint density at radius 3 is 2.55 bits per heavy atom. The number of aromatic hydroxyl groups is 1. The highest BCUT2D eigenvalue weighted by Gasteiger charge is 2.30. The summed E-state index contributed by atoms with van der Waals surface area (Å²) in [6.45, 7) is 1.82. The zero-order chi connectivity index (χ0) is 16.3. The number of phenolic OH excluding ortho intramolecular Hbond substituents is 1. The number of phenols is 1. The van der Waals surface area contributed by atoms with E-state index < -0.39 is 17.7 Å². The number of carbonyl (C=O) groups excluding carboxylic acids is 1. The van der Waals surface area contributed by atoms with Crippen LogP contribution in [-0.4, -0.2) is 17.7 Å². The van der Waals surface area contributed by atoms with Crippen molar-refractivity contribution in [2.75, 3.05) is 6.61 Å². The minimum Gasteiger partial charge on any atom is -0.507 e. The number of rotatable bonds is 3. The number of alkyl halides is 3. The molecule has 22 heavy (non-hydrogen) atoms. The monoisotopic (exact) mass is 310 g/mol. The predicted octanol–water partition coefficient (Wildman–Crippen LogP) is 4.25. The number of esters is 1. The molecule has 0 bridgehead atoms. The predicted molar refractivity (Wildman–Crippen MR) is 74.5 cm³/mol. The Bertz CT molecular complexity index is 693.